The number of hydrogen-bond donors (Lipinski definition) is 2. The first-order valence-electron chi connectivity index (χ1n) is 5.25. The van der Waals surface area contributed by atoms with E-state index in [9.17, 15) is 4.79 Å². The van der Waals surface area contributed by atoms with E-state index in [0.29, 0.717) is 6.54 Å². The van der Waals surface area contributed by atoms with E-state index in [-0.39, 0.29) is 12.0 Å². The monoisotopic (exact) mass is 222 g/mol. The quantitative estimate of drug-likeness (QED) is 0.797. The fraction of sp³-hybridized carbons (Fsp3) is 0.455. The first kappa shape index (κ1) is 10.7. The third-order valence-corrected chi connectivity index (χ3v) is 2.63. The third kappa shape index (κ3) is 2.24. The Bertz CT molecular complexity index is 395. The van der Waals surface area contributed by atoms with Gasteiger partial charge in [0.25, 0.3) is 0 Å². The molecule has 2 heterocycles. The molecule has 5 nitrogen and oxygen atoms in total. The average molecular weight is 222 g/mol. The van der Waals surface area contributed by atoms with E-state index in [2.05, 4.69) is 10.3 Å². The van der Waals surface area contributed by atoms with E-state index in [4.69, 9.17) is 9.84 Å². The van der Waals surface area contributed by atoms with Crippen molar-refractivity contribution in [2.45, 2.75) is 25.4 Å². The number of fused-ring (bicyclic) bond motifs is 1. The molecule has 0 saturated heterocycles. The molecule has 1 amide bonds. The molecule has 0 fully saturated rings. The third-order valence-electron chi connectivity index (χ3n) is 2.63. The molecule has 1 aromatic heterocycles. The van der Waals surface area contributed by atoms with Crippen molar-refractivity contribution in [2.24, 2.45) is 0 Å². The number of ether oxygens (including phenoxy) is 1. The maximum absolute atomic E-state index is 10.5. The van der Waals surface area contributed by atoms with E-state index in [1.54, 1.807) is 6.20 Å². The minimum absolute atomic E-state index is 0.0936. The summed E-state index contributed by atoms with van der Waals surface area (Å²) in [6.45, 7) is 2.36. The van der Waals surface area contributed by atoms with Crippen LogP contribution in [0.5, 0.6) is 5.75 Å². The summed E-state index contributed by atoms with van der Waals surface area (Å²) in [7, 11) is 0. The van der Waals surface area contributed by atoms with Crippen LogP contribution in [-0.4, -0.2) is 28.8 Å². The van der Waals surface area contributed by atoms with Crippen LogP contribution >= 0.6 is 0 Å². The molecule has 2 atom stereocenters. The molecule has 0 unspecified atom stereocenters. The van der Waals surface area contributed by atoms with Crippen molar-refractivity contribution in [1.82, 2.24) is 10.3 Å². The summed E-state index contributed by atoms with van der Waals surface area (Å²) < 4.78 is 5.63. The second-order valence-corrected chi connectivity index (χ2v) is 3.93. The highest BCUT2D eigenvalue weighted by molar-refractivity contribution is 5.64. The average Bonchev–Trinajstić information content (AvgIpc) is 2.25. The van der Waals surface area contributed by atoms with Crippen LogP contribution in [0.3, 0.4) is 0 Å². The van der Waals surface area contributed by atoms with Crippen molar-refractivity contribution >= 4 is 6.09 Å². The van der Waals surface area contributed by atoms with Crippen LogP contribution in [0.1, 0.15) is 25.0 Å². The zero-order valence-corrected chi connectivity index (χ0v) is 9.01. The number of hydrogen-bond acceptors (Lipinski definition) is 3. The van der Waals surface area contributed by atoms with Crippen molar-refractivity contribution in [2.75, 3.05) is 6.54 Å². The molecule has 0 saturated carbocycles. The van der Waals surface area contributed by atoms with Crippen LogP contribution < -0.4 is 10.1 Å². The van der Waals surface area contributed by atoms with Gasteiger partial charge in [0, 0.05) is 18.7 Å². The SMILES string of the molecule is C[C@H]1C[C@@H](CNC(=O)O)c2ncccc2O1. The predicted octanol–water partition coefficient (Wildman–Crippen LogP) is 1.60. The summed E-state index contributed by atoms with van der Waals surface area (Å²) in [5, 5.41) is 11.0. The molecule has 0 aliphatic carbocycles. The zero-order valence-electron chi connectivity index (χ0n) is 9.01. The molecular formula is C11H14N2O3. The van der Waals surface area contributed by atoms with Crippen molar-refractivity contribution in [1.29, 1.82) is 0 Å². The molecular weight excluding hydrogens is 208 g/mol. The number of amides is 1. The minimum Gasteiger partial charge on any atom is -0.489 e. The normalized spacial score (nSPS) is 23.1. The highest BCUT2D eigenvalue weighted by Crippen LogP contribution is 2.33. The molecule has 16 heavy (non-hydrogen) atoms. The summed E-state index contributed by atoms with van der Waals surface area (Å²) in [6.07, 6.45) is 1.57. The van der Waals surface area contributed by atoms with Crippen molar-refractivity contribution in [3.05, 3.63) is 24.0 Å². The van der Waals surface area contributed by atoms with Gasteiger partial charge in [-0.1, -0.05) is 0 Å². The Balaban J connectivity index is 2.16. The smallest absolute Gasteiger partial charge is 0.404 e. The molecule has 2 rings (SSSR count). The Hall–Kier alpha value is -1.78. The van der Waals surface area contributed by atoms with Crippen LogP contribution in [-0.2, 0) is 0 Å². The number of carbonyl (C=O) groups is 1. The Morgan fingerprint density at radius 1 is 1.75 bits per heavy atom. The van der Waals surface area contributed by atoms with Crippen LogP contribution in [0.2, 0.25) is 0 Å². The van der Waals surface area contributed by atoms with Gasteiger partial charge in [-0.05, 0) is 25.5 Å². The van der Waals surface area contributed by atoms with Gasteiger partial charge in [-0.15, -0.1) is 0 Å². The van der Waals surface area contributed by atoms with Crippen LogP contribution in [0.4, 0.5) is 4.79 Å². The van der Waals surface area contributed by atoms with E-state index >= 15 is 0 Å². The van der Waals surface area contributed by atoms with Crippen LogP contribution in [0, 0.1) is 0 Å². The Morgan fingerprint density at radius 2 is 2.56 bits per heavy atom. The molecule has 1 aromatic rings. The van der Waals surface area contributed by atoms with Gasteiger partial charge in [0.1, 0.15) is 5.75 Å². The maximum Gasteiger partial charge on any atom is 0.404 e. The van der Waals surface area contributed by atoms with Crippen LogP contribution in [0.15, 0.2) is 18.3 Å². The Kier molecular flexibility index (Phi) is 2.94. The van der Waals surface area contributed by atoms with Gasteiger partial charge in [-0.2, -0.15) is 0 Å². The fourth-order valence-corrected chi connectivity index (χ4v) is 1.98. The Labute approximate surface area is 93.5 Å². The largest absolute Gasteiger partial charge is 0.489 e. The summed E-state index contributed by atoms with van der Waals surface area (Å²) in [5.41, 5.74) is 0.842. The van der Waals surface area contributed by atoms with Crippen molar-refractivity contribution < 1.29 is 14.6 Å². The number of nitrogens with one attached hydrogen (secondary N) is 1. The molecule has 0 aromatic carbocycles. The fourth-order valence-electron chi connectivity index (χ4n) is 1.98. The van der Waals surface area contributed by atoms with Crippen molar-refractivity contribution in [3.8, 4) is 5.75 Å². The molecule has 0 spiro atoms. The summed E-state index contributed by atoms with van der Waals surface area (Å²) in [6, 6.07) is 3.68. The summed E-state index contributed by atoms with van der Waals surface area (Å²) in [4.78, 5) is 14.7. The van der Waals surface area contributed by atoms with Crippen molar-refractivity contribution in [3.63, 3.8) is 0 Å². The van der Waals surface area contributed by atoms with E-state index in [0.717, 1.165) is 17.9 Å². The highest BCUT2D eigenvalue weighted by Gasteiger charge is 2.27. The highest BCUT2D eigenvalue weighted by atomic mass is 16.5. The standard InChI is InChI=1S/C11H14N2O3/c1-7-5-8(6-13-11(14)15)10-9(16-7)3-2-4-12-10/h2-4,7-8,13H,5-6H2,1H3,(H,14,15)/t7-,8-/m0/s1. The van der Waals surface area contributed by atoms with Crippen LogP contribution in [0.25, 0.3) is 0 Å². The maximum atomic E-state index is 10.5. The molecule has 0 bridgehead atoms. The van der Waals surface area contributed by atoms with Gasteiger partial charge in [-0.25, -0.2) is 4.79 Å². The first-order chi connectivity index (χ1) is 7.66. The molecule has 86 valence electrons. The second-order valence-electron chi connectivity index (χ2n) is 3.93. The summed E-state index contributed by atoms with van der Waals surface area (Å²) >= 11 is 0. The molecule has 2 N–H and O–H groups in total. The Morgan fingerprint density at radius 3 is 3.31 bits per heavy atom. The molecule has 5 heteroatoms. The summed E-state index contributed by atoms with van der Waals surface area (Å²) in [5.74, 6) is 0.856. The molecule has 0 radical (unpaired) electrons. The van der Waals surface area contributed by atoms with E-state index in [1.807, 2.05) is 19.1 Å². The van der Waals surface area contributed by atoms with E-state index < -0.39 is 6.09 Å². The number of rotatable bonds is 2. The lowest BCUT2D eigenvalue weighted by atomic mass is 9.94. The van der Waals surface area contributed by atoms with Gasteiger partial charge < -0.3 is 15.2 Å². The van der Waals surface area contributed by atoms with Gasteiger partial charge in [0.05, 0.1) is 11.8 Å². The topological polar surface area (TPSA) is 71.5 Å². The molecule has 1 aliphatic rings. The second kappa shape index (κ2) is 4.38. The lowest BCUT2D eigenvalue weighted by Crippen LogP contribution is -2.32. The van der Waals surface area contributed by atoms with Gasteiger partial charge in [-0.3, -0.25) is 4.98 Å². The van der Waals surface area contributed by atoms with Gasteiger partial charge in [0.2, 0.25) is 0 Å². The van der Waals surface area contributed by atoms with Gasteiger partial charge >= 0.3 is 6.09 Å². The number of carboxylic acid groups (broad SMARTS) is 1. The lowest BCUT2D eigenvalue weighted by molar-refractivity contribution is 0.166. The molecule has 1 aliphatic heterocycles. The lowest BCUT2D eigenvalue weighted by Gasteiger charge is -2.29. The number of pyridine rings is 1. The zero-order chi connectivity index (χ0) is 11.5. The number of aromatic nitrogens is 1. The minimum atomic E-state index is -1.00. The number of nitrogens with zero attached hydrogens (tertiary/aromatic N) is 1. The van der Waals surface area contributed by atoms with E-state index in [1.165, 1.54) is 0 Å². The first-order valence-corrected chi connectivity index (χ1v) is 5.25. The van der Waals surface area contributed by atoms with Gasteiger partial charge in [0.15, 0.2) is 0 Å². The predicted molar refractivity (Wildman–Crippen MR) is 57.7 cm³/mol.